The number of hydrogen-bond acceptors (Lipinski definition) is 2. The van der Waals surface area contributed by atoms with Crippen LogP contribution in [0.4, 0.5) is 13.2 Å². The molecule has 1 amide bonds. The van der Waals surface area contributed by atoms with E-state index in [4.69, 9.17) is 0 Å². The van der Waals surface area contributed by atoms with Crippen molar-refractivity contribution in [1.82, 2.24) is 9.88 Å². The topological polar surface area (TPSA) is 33.2 Å². The molecule has 1 aromatic heterocycles. The number of aromatic nitrogens is 1. The highest BCUT2D eigenvalue weighted by molar-refractivity contribution is 5.96. The van der Waals surface area contributed by atoms with Crippen molar-refractivity contribution in [1.29, 1.82) is 0 Å². The number of halogens is 3. The van der Waals surface area contributed by atoms with Crippen molar-refractivity contribution in [3.63, 3.8) is 0 Å². The van der Waals surface area contributed by atoms with Crippen molar-refractivity contribution in [2.24, 2.45) is 5.92 Å². The number of hydrogen-bond donors (Lipinski definition) is 0. The molecule has 2 aromatic carbocycles. The van der Waals surface area contributed by atoms with Crippen LogP contribution in [0.25, 0.3) is 10.8 Å². The van der Waals surface area contributed by atoms with E-state index in [0.29, 0.717) is 30.5 Å². The Morgan fingerprint density at radius 3 is 2.50 bits per heavy atom. The van der Waals surface area contributed by atoms with Gasteiger partial charge in [0.25, 0.3) is 5.91 Å². The van der Waals surface area contributed by atoms with Crippen LogP contribution >= 0.6 is 0 Å². The lowest BCUT2D eigenvalue weighted by molar-refractivity contribution is 0.0494. The molecule has 0 saturated carbocycles. The molecule has 3 aromatic rings. The third-order valence-corrected chi connectivity index (χ3v) is 4.67. The van der Waals surface area contributed by atoms with Crippen molar-refractivity contribution < 1.29 is 18.0 Å². The normalized spacial score (nSPS) is 14.5. The first-order valence-corrected chi connectivity index (χ1v) is 8.28. The number of likely N-dealkylation sites (tertiary alicyclic amines) is 1. The molecule has 26 heavy (non-hydrogen) atoms. The second-order valence-corrected chi connectivity index (χ2v) is 6.58. The van der Waals surface area contributed by atoms with Gasteiger partial charge in [0.05, 0.1) is 0 Å². The molecule has 0 spiro atoms. The minimum atomic E-state index is -0.601. The van der Waals surface area contributed by atoms with Crippen LogP contribution in [-0.2, 0) is 6.42 Å². The Morgan fingerprint density at radius 2 is 1.73 bits per heavy atom. The number of carbonyl (C=O) groups is 1. The van der Waals surface area contributed by atoms with Crippen LogP contribution in [0.2, 0.25) is 0 Å². The van der Waals surface area contributed by atoms with Gasteiger partial charge in [0.2, 0.25) is 0 Å². The Labute approximate surface area is 148 Å². The lowest BCUT2D eigenvalue weighted by Gasteiger charge is -2.39. The molecule has 1 aliphatic rings. The summed E-state index contributed by atoms with van der Waals surface area (Å²) in [7, 11) is 0. The predicted octanol–water partition coefficient (Wildman–Crippen LogP) is 3.97. The molecule has 0 unspecified atom stereocenters. The summed E-state index contributed by atoms with van der Waals surface area (Å²) < 4.78 is 40.0. The average Bonchev–Trinajstić information content (AvgIpc) is 2.58. The van der Waals surface area contributed by atoms with Crippen LogP contribution in [0.15, 0.2) is 48.7 Å². The molecule has 0 bridgehead atoms. The summed E-state index contributed by atoms with van der Waals surface area (Å²) in [6.07, 6.45) is 2.00. The van der Waals surface area contributed by atoms with Gasteiger partial charge in [-0.25, -0.2) is 13.2 Å². The van der Waals surface area contributed by atoms with Crippen molar-refractivity contribution >= 4 is 16.7 Å². The summed E-state index contributed by atoms with van der Waals surface area (Å²) in [5.41, 5.74) is 0.706. The fourth-order valence-corrected chi connectivity index (χ4v) is 3.25. The van der Waals surface area contributed by atoms with Crippen LogP contribution in [0.1, 0.15) is 16.1 Å². The minimum Gasteiger partial charge on any atom is -0.337 e. The van der Waals surface area contributed by atoms with Gasteiger partial charge in [-0.15, -0.1) is 0 Å². The van der Waals surface area contributed by atoms with Crippen molar-refractivity contribution in [3.05, 3.63) is 77.4 Å². The van der Waals surface area contributed by atoms with Crippen LogP contribution in [0.5, 0.6) is 0 Å². The Hall–Kier alpha value is -2.89. The third-order valence-electron chi connectivity index (χ3n) is 4.67. The summed E-state index contributed by atoms with van der Waals surface area (Å²) in [6.45, 7) is 0.969. The Morgan fingerprint density at radius 1 is 1.00 bits per heavy atom. The molecule has 3 nitrogen and oxygen atoms in total. The van der Waals surface area contributed by atoms with Crippen LogP contribution in [-0.4, -0.2) is 28.9 Å². The summed E-state index contributed by atoms with van der Waals surface area (Å²) in [4.78, 5) is 18.3. The summed E-state index contributed by atoms with van der Waals surface area (Å²) in [6, 6.07) is 9.45. The minimum absolute atomic E-state index is 0.122. The maximum Gasteiger partial charge on any atom is 0.272 e. The Kier molecular flexibility index (Phi) is 4.11. The number of rotatable bonds is 3. The molecular formula is C20H15F3N2O. The highest BCUT2D eigenvalue weighted by Gasteiger charge is 2.32. The zero-order valence-electron chi connectivity index (χ0n) is 13.8. The third kappa shape index (κ3) is 3.14. The van der Waals surface area contributed by atoms with Crippen molar-refractivity contribution in [2.75, 3.05) is 13.1 Å². The number of nitrogens with zero attached hydrogens (tertiary/aromatic N) is 2. The highest BCUT2D eigenvalue weighted by atomic mass is 19.1. The molecule has 6 heteroatoms. The zero-order chi connectivity index (χ0) is 18.3. The standard InChI is InChI=1S/C20H15F3N2O/c21-16-4-2-14-9-24-19(7-15(14)6-16)20(26)25-10-12(11-25)5-13-1-3-17(22)8-18(13)23/h1-4,6-9,12H,5,10-11H2. The van der Waals surface area contributed by atoms with Gasteiger partial charge in [0, 0.05) is 30.7 Å². The quantitative estimate of drug-likeness (QED) is 0.712. The monoisotopic (exact) mass is 356 g/mol. The first kappa shape index (κ1) is 16.6. The molecule has 0 atom stereocenters. The van der Waals surface area contributed by atoms with Crippen LogP contribution in [0.3, 0.4) is 0 Å². The first-order chi connectivity index (χ1) is 12.5. The molecule has 1 aliphatic heterocycles. The Balaban J connectivity index is 1.43. The van der Waals surface area contributed by atoms with E-state index in [-0.39, 0.29) is 23.3 Å². The fourth-order valence-electron chi connectivity index (χ4n) is 3.25. The van der Waals surface area contributed by atoms with Gasteiger partial charge in [0.15, 0.2) is 0 Å². The van der Waals surface area contributed by atoms with Gasteiger partial charge in [-0.2, -0.15) is 0 Å². The van der Waals surface area contributed by atoms with Crippen LogP contribution in [0, 0.1) is 23.4 Å². The van der Waals surface area contributed by atoms with Gasteiger partial charge >= 0.3 is 0 Å². The molecule has 1 fully saturated rings. The molecule has 4 rings (SSSR count). The summed E-state index contributed by atoms with van der Waals surface area (Å²) >= 11 is 0. The highest BCUT2D eigenvalue weighted by Crippen LogP contribution is 2.24. The number of amides is 1. The van der Waals surface area contributed by atoms with Gasteiger partial charge in [-0.3, -0.25) is 9.78 Å². The molecule has 2 heterocycles. The molecule has 0 radical (unpaired) electrons. The van der Waals surface area contributed by atoms with E-state index in [1.807, 2.05) is 0 Å². The first-order valence-electron chi connectivity index (χ1n) is 8.28. The van der Waals surface area contributed by atoms with E-state index in [2.05, 4.69) is 4.98 Å². The lowest BCUT2D eigenvalue weighted by Crippen LogP contribution is -2.51. The number of benzene rings is 2. The molecule has 0 N–H and O–H groups in total. The summed E-state index contributed by atoms with van der Waals surface area (Å²) in [5, 5.41) is 1.38. The maximum absolute atomic E-state index is 13.7. The molecule has 0 aliphatic carbocycles. The van der Waals surface area contributed by atoms with E-state index >= 15 is 0 Å². The predicted molar refractivity (Wildman–Crippen MR) is 91.2 cm³/mol. The van der Waals surface area contributed by atoms with Gasteiger partial charge < -0.3 is 4.90 Å². The molecule has 1 saturated heterocycles. The number of pyridine rings is 1. The second-order valence-electron chi connectivity index (χ2n) is 6.58. The lowest BCUT2D eigenvalue weighted by atomic mass is 9.91. The fraction of sp³-hybridized carbons (Fsp3) is 0.200. The number of fused-ring (bicyclic) bond motifs is 1. The van der Waals surface area contributed by atoms with E-state index in [1.54, 1.807) is 23.2 Å². The largest absolute Gasteiger partial charge is 0.337 e. The van der Waals surface area contributed by atoms with E-state index in [0.717, 1.165) is 11.5 Å². The maximum atomic E-state index is 13.7. The van der Waals surface area contributed by atoms with E-state index in [9.17, 15) is 18.0 Å². The zero-order valence-corrected chi connectivity index (χ0v) is 13.8. The van der Waals surface area contributed by atoms with Gasteiger partial charge in [-0.05, 0) is 53.6 Å². The SMILES string of the molecule is O=C(c1cc2cc(F)ccc2cn1)N1CC(Cc2ccc(F)cc2F)C1. The van der Waals surface area contributed by atoms with Gasteiger partial charge in [0.1, 0.15) is 23.1 Å². The Bertz CT molecular complexity index is 1000. The number of carbonyl (C=O) groups excluding carboxylic acids is 1. The molecule has 132 valence electrons. The van der Waals surface area contributed by atoms with E-state index < -0.39 is 11.6 Å². The van der Waals surface area contributed by atoms with E-state index in [1.165, 1.54) is 24.3 Å². The average molecular weight is 356 g/mol. The van der Waals surface area contributed by atoms with Crippen molar-refractivity contribution in [3.8, 4) is 0 Å². The smallest absolute Gasteiger partial charge is 0.272 e. The van der Waals surface area contributed by atoms with Crippen molar-refractivity contribution in [2.45, 2.75) is 6.42 Å². The second kappa shape index (κ2) is 6.44. The van der Waals surface area contributed by atoms with Crippen LogP contribution < -0.4 is 0 Å². The molecular weight excluding hydrogens is 341 g/mol. The van der Waals surface area contributed by atoms with Gasteiger partial charge in [-0.1, -0.05) is 6.07 Å². The summed E-state index contributed by atoms with van der Waals surface area (Å²) in [5.74, 6) is -1.64.